The van der Waals surface area contributed by atoms with Crippen molar-refractivity contribution in [2.75, 3.05) is 19.8 Å². The maximum Gasteiger partial charge on any atom is 0.329 e. The fourth-order valence-corrected chi connectivity index (χ4v) is 1.10. The molecule has 92 valence electrons. The van der Waals surface area contributed by atoms with Crippen molar-refractivity contribution in [3.05, 3.63) is 35.6 Å². The lowest BCUT2D eigenvalue weighted by Gasteiger charge is -2.05. The molecule has 1 aromatic carbocycles. The summed E-state index contributed by atoms with van der Waals surface area (Å²) in [5, 5.41) is 10.8. The minimum Gasteiger partial charge on any atom is -0.480 e. The molecule has 1 amide bonds. The van der Waals surface area contributed by atoms with E-state index in [1.165, 1.54) is 24.3 Å². The number of amides is 1. The molecule has 0 bridgehead atoms. The van der Waals surface area contributed by atoms with Gasteiger partial charge in [-0.05, 0) is 24.3 Å². The smallest absolute Gasteiger partial charge is 0.329 e. The summed E-state index contributed by atoms with van der Waals surface area (Å²) in [6.45, 7) is -0.0882. The van der Waals surface area contributed by atoms with Crippen molar-refractivity contribution in [3.63, 3.8) is 0 Å². The molecule has 0 aromatic heterocycles. The van der Waals surface area contributed by atoms with Gasteiger partial charge < -0.3 is 15.2 Å². The number of nitrogens with one attached hydrogen (secondary N) is 1. The summed E-state index contributed by atoms with van der Waals surface area (Å²) in [6.07, 6.45) is 0. The Morgan fingerprint density at radius 1 is 1.29 bits per heavy atom. The van der Waals surface area contributed by atoms with Crippen LogP contribution in [0.15, 0.2) is 24.3 Å². The predicted octanol–water partition coefficient (Wildman–Crippen LogP) is 0.657. The highest BCUT2D eigenvalue weighted by atomic mass is 19.1. The molecule has 0 atom stereocenters. The molecular weight excluding hydrogens is 229 g/mol. The van der Waals surface area contributed by atoms with Crippen LogP contribution in [0.4, 0.5) is 4.39 Å². The van der Waals surface area contributed by atoms with E-state index in [4.69, 9.17) is 9.84 Å². The van der Waals surface area contributed by atoms with Crippen LogP contribution in [-0.2, 0) is 9.53 Å². The molecule has 0 saturated heterocycles. The van der Waals surface area contributed by atoms with Crippen LogP contribution in [0.25, 0.3) is 0 Å². The monoisotopic (exact) mass is 241 g/mol. The Morgan fingerprint density at radius 2 is 1.94 bits per heavy atom. The SMILES string of the molecule is O=C(O)COCCNC(=O)c1ccc(F)cc1. The maximum absolute atomic E-state index is 12.6. The number of carbonyl (C=O) groups is 2. The molecule has 6 heteroatoms. The standard InChI is InChI=1S/C11H12FNO4/c12-9-3-1-8(2-4-9)11(16)13-5-6-17-7-10(14)15/h1-4H,5-7H2,(H,13,16)(H,14,15). The summed E-state index contributed by atoms with van der Waals surface area (Å²) in [6, 6.07) is 5.11. The molecule has 0 saturated carbocycles. The van der Waals surface area contributed by atoms with Crippen LogP contribution < -0.4 is 5.32 Å². The van der Waals surface area contributed by atoms with Gasteiger partial charge in [-0.25, -0.2) is 9.18 Å². The molecule has 0 heterocycles. The van der Waals surface area contributed by atoms with Gasteiger partial charge in [-0.1, -0.05) is 0 Å². The third-order valence-corrected chi connectivity index (χ3v) is 1.86. The Kier molecular flexibility index (Phi) is 5.09. The number of benzene rings is 1. The van der Waals surface area contributed by atoms with Gasteiger partial charge in [-0.3, -0.25) is 4.79 Å². The number of hydrogen-bond donors (Lipinski definition) is 2. The zero-order valence-corrected chi connectivity index (χ0v) is 8.98. The number of hydrogen-bond acceptors (Lipinski definition) is 3. The second-order valence-corrected chi connectivity index (χ2v) is 3.21. The van der Waals surface area contributed by atoms with E-state index in [0.717, 1.165) is 0 Å². The number of carbonyl (C=O) groups excluding carboxylic acids is 1. The normalized spacial score (nSPS) is 9.94. The summed E-state index contributed by atoms with van der Waals surface area (Å²) in [5.74, 6) is -1.83. The molecule has 0 spiro atoms. The topological polar surface area (TPSA) is 75.6 Å². The van der Waals surface area contributed by atoms with E-state index in [9.17, 15) is 14.0 Å². The summed E-state index contributed by atoms with van der Waals surface area (Å²) in [4.78, 5) is 21.5. The molecule has 0 aliphatic rings. The summed E-state index contributed by atoms with van der Waals surface area (Å²) in [5.41, 5.74) is 0.338. The first-order chi connectivity index (χ1) is 8.09. The van der Waals surface area contributed by atoms with E-state index in [-0.39, 0.29) is 19.1 Å². The maximum atomic E-state index is 12.6. The second kappa shape index (κ2) is 6.59. The lowest BCUT2D eigenvalue weighted by Crippen LogP contribution is -2.27. The highest BCUT2D eigenvalue weighted by molar-refractivity contribution is 5.94. The Balaban J connectivity index is 2.25. The van der Waals surface area contributed by atoms with Crippen molar-refractivity contribution in [2.24, 2.45) is 0 Å². The molecule has 2 N–H and O–H groups in total. The average molecular weight is 241 g/mol. The first kappa shape index (κ1) is 13.1. The van der Waals surface area contributed by atoms with Crippen molar-refractivity contribution in [1.82, 2.24) is 5.32 Å². The van der Waals surface area contributed by atoms with Crippen molar-refractivity contribution in [3.8, 4) is 0 Å². The zero-order chi connectivity index (χ0) is 12.7. The van der Waals surface area contributed by atoms with E-state index in [1.807, 2.05) is 0 Å². The van der Waals surface area contributed by atoms with E-state index in [0.29, 0.717) is 5.56 Å². The van der Waals surface area contributed by atoms with Crippen molar-refractivity contribution in [1.29, 1.82) is 0 Å². The molecule has 1 aromatic rings. The van der Waals surface area contributed by atoms with Crippen molar-refractivity contribution in [2.45, 2.75) is 0 Å². The van der Waals surface area contributed by atoms with Gasteiger partial charge in [0.2, 0.25) is 0 Å². The molecule has 0 fully saturated rings. The molecule has 17 heavy (non-hydrogen) atoms. The van der Waals surface area contributed by atoms with Crippen LogP contribution in [0.3, 0.4) is 0 Å². The average Bonchev–Trinajstić information content (AvgIpc) is 2.29. The predicted molar refractivity (Wildman–Crippen MR) is 57.2 cm³/mol. The third-order valence-electron chi connectivity index (χ3n) is 1.86. The van der Waals surface area contributed by atoms with E-state index < -0.39 is 18.4 Å². The number of carboxylic acids is 1. The summed E-state index contributed by atoms with van der Waals surface area (Å²) in [7, 11) is 0. The third kappa shape index (κ3) is 5.07. The van der Waals surface area contributed by atoms with Gasteiger partial charge in [0, 0.05) is 12.1 Å². The highest BCUT2D eigenvalue weighted by Crippen LogP contribution is 2.01. The molecule has 1 rings (SSSR count). The van der Waals surface area contributed by atoms with Crippen LogP contribution >= 0.6 is 0 Å². The Bertz CT molecular complexity index is 391. The molecule has 0 unspecified atom stereocenters. The van der Waals surface area contributed by atoms with Gasteiger partial charge in [0.1, 0.15) is 12.4 Å². The van der Waals surface area contributed by atoms with Crippen LogP contribution in [0, 0.1) is 5.82 Å². The lowest BCUT2D eigenvalue weighted by atomic mass is 10.2. The zero-order valence-electron chi connectivity index (χ0n) is 8.98. The van der Waals surface area contributed by atoms with Gasteiger partial charge in [0.05, 0.1) is 6.61 Å². The molecule has 0 radical (unpaired) electrons. The van der Waals surface area contributed by atoms with Gasteiger partial charge in [0.25, 0.3) is 5.91 Å². The minimum atomic E-state index is -1.06. The molecule has 0 aliphatic carbocycles. The first-order valence-electron chi connectivity index (χ1n) is 4.93. The van der Waals surface area contributed by atoms with Crippen LogP contribution in [-0.4, -0.2) is 36.7 Å². The van der Waals surface area contributed by atoms with E-state index >= 15 is 0 Å². The Morgan fingerprint density at radius 3 is 2.53 bits per heavy atom. The molecular formula is C11H12FNO4. The highest BCUT2D eigenvalue weighted by Gasteiger charge is 2.04. The minimum absolute atomic E-state index is 0.110. The lowest BCUT2D eigenvalue weighted by molar-refractivity contribution is -0.142. The number of halogens is 1. The molecule has 0 aliphatic heterocycles. The first-order valence-corrected chi connectivity index (χ1v) is 4.93. The number of ether oxygens (including phenoxy) is 1. The number of aliphatic carboxylic acids is 1. The van der Waals surface area contributed by atoms with Gasteiger partial charge in [-0.15, -0.1) is 0 Å². The quantitative estimate of drug-likeness (QED) is 0.717. The van der Waals surface area contributed by atoms with Crippen LogP contribution in [0.5, 0.6) is 0 Å². The fourth-order valence-electron chi connectivity index (χ4n) is 1.10. The van der Waals surface area contributed by atoms with Gasteiger partial charge in [-0.2, -0.15) is 0 Å². The van der Waals surface area contributed by atoms with E-state index in [1.54, 1.807) is 0 Å². The Hall–Kier alpha value is -1.95. The van der Waals surface area contributed by atoms with Crippen LogP contribution in [0.2, 0.25) is 0 Å². The van der Waals surface area contributed by atoms with Gasteiger partial charge in [0.15, 0.2) is 0 Å². The summed E-state index contributed by atoms with van der Waals surface area (Å²) < 4.78 is 17.3. The number of carboxylic acid groups (broad SMARTS) is 1. The summed E-state index contributed by atoms with van der Waals surface area (Å²) >= 11 is 0. The van der Waals surface area contributed by atoms with Crippen molar-refractivity contribution >= 4 is 11.9 Å². The molecule has 5 nitrogen and oxygen atoms in total. The largest absolute Gasteiger partial charge is 0.480 e. The fraction of sp³-hybridized carbons (Fsp3) is 0.273. The van der Waals surface area contributed by atoms with Crippen molar-refractivity contribution < 1.29 is 23.8 Å². The van der Waals surface area contributed by atoms with Crippen LogP contribution in [0.1, 0.15) is 10.4 Å². The second-order valence-electron chi connectivity index (χ2n) is 3.21. The van der Waals surface area contributed by atoms with Gasteiger partial charge >= 0.3 is 5.97 Å². The Labute approximate surface area is 97.2 Å². The number of rotatable bonds is 6. The van der Waals surface area contributed by atoms with E-state index in [2.05, 4.69) is 5.32 Å².